The monoisotopic (exact) mass is 346 g/mol. The molecule has 0 unspecified atom stereocenters. The summed E-state index contributed by atoms with van der Waals surface area (Å²) in [5, 5.41) is 8.68. The lowest BCUT2D eigenvalue weighted by molar-refractivity contribution is -0.134. The topological polar surface area (TPSA) is 68.4 Å². The molecule has 0 fully saturated rings. The Hall–Kier alpha value is -2.19. The van der Waals surface area contributed by atoms with Crippen LogP contribution in [0.2, 0.25) is 0 Å². The second-order valence-corrected chi connectivity index (χ2v) is 6.87. The van der Waals surface area contributed by atoms with Crippen molar-refractivity contribution in [1.29, 1.82) is 0 Å². The van der Waals surface area contributed by atoms with E-state index in [1.165, 1.54) is 11.3 Å². The van der Waals surface area contributed by atoms with Crippen molar-refractivity contribution < 1.29 is 9.53 Å². The van der Waals surface area contributed by atoms with Crippen LogP contribution in [0.5, 0.6) is 0 Å². The van der Waals surface area contributed by atoms with E-state index in [0.29, 0.717) is 6.61 Å². The summed E-state index contributed by atoms with van der Waals surface area (Å²) < 4.78 is 9.54. The maximum absolute atomic E-state index is 11.7. The number of rotatable bonds is 6. The van der Waals surface area contributed by atoms with Crippen LogP contribution in [0.4, 0.5) is 0 Å². The first-order valence-electron chi connectivity index (χ1n) is 8.49. The molecule has 3 rings (SSSR count). The lowest BCUT2D eigenvalue weighted by Gasteiger charge is -2.23. The first-order chi connectivity index (χ1) is 12.0. The van der Waals surface area contributed by atoms with Crippen LogP contribution >= 0.6 is 0 Å². The van der Waals surface area contributed by atoms with E-state index in [1.807, 2.05) is 35.0 Å². The van der Waals surface area contributed by atoms with Crippen LogP contribution < -0.4 is 0 Å². The number of fused-ring (bicyclic) bond motifs is 1. The number of hydrogen-bond donors (Lipinski definition) is 0. The van der Waals surface area contributed by atoms with Gasteiger partial charge in [-0.15, -0.1) is 0 Å². The van der Waals surface area contributed by atoms with Gasteiger partial charge in [0, 0.05) is 71.2 Å². The predicted molar refractivity (Wildman–Crippen MR) is 92.6 cm³/mol. The van der Waals surface area contributed by atoms with Gasteiger partial charge in [0.2, 0.25) is 5.91 Å². The summed E-state index contributed by atoms with van der Waals surface area (Å²) in [6.45, 7) is 4.06. The molecule has 3 heterocycles. The molecular weight excluding hydrogens is 320 g/mol. The Morgan fingerprint density at radius 2 is 2.20 bits per heavy atom. The molecule has 0 aliphatic carbocycles. The number of carbonyl (C=O) groups excluding carboxylic acids is 1. The molecule has 0 aromatic carbocycles. The lowest BCUT2D eigenvalue weighted by atomic mass is 10.1. The fourth-order valence-electron chi connectivity index (χ4n) is 3.10. The first kappa shape index (κ1) is 17.6. The van der Waals surface area contributed by atoms with Crippen LogP contribution in [0.3, 0.4) is 0 Å². The largest absolute Gasteiger partial charge is 0.371 e. The summed E-state index contributed by atoms with van der Waals surface area (Å²) >= 11 is 0. The molecule has 1 amide bonds. The highest BCUT2D eigenvalue weighted by Crippen LogP contribution is 2.18. The number of amides is 1. The molecule has 8 heteroatoms. The SMILES string of the molecule is CN(C)C(=O)COC[C@@H]1CN(Cc2cnn(C)c2)Cc2ccnn2C1. The van der Waals surface area contributed by atoms with Gasteiger partial charge in [-0.3, -0.25) is 19.1 Å². The molecule has 0 saturated heterocycles. The Kier molecular flexibility index (Phi) is 5.50. The van der Waals surface area contributed by atoms with Gasteiger partial charge in [0.05, 0.1) is 18.5 Å². The fraction of sp³-hybridized carbons (Fsp3) is 0.588. The number of aryl methyl sites for hydroxylation is 1. The molecule has 2 aromatic rings. The minimum absolute atomic E-state index is 0.0133. The standard InChI is InChI=1S/C17H26N6O2/c1-20(2)17(24)13-25-12-15-9-22(8-14-6-19-21(3)7-14)11-16-4-5-18-23(16)10-15/h4-7,15H,8-13H2,1-3H3/t15-/m1/s1. The van der Waals surface area contributed by atoms with Gasteiger partial charge in [0.15, 0.2) is 0 Å². The molecule has 0 bridgehead atoms. The molecule has 0 radical (unpaired) electrons. The zero-order valence-electron chi connectivity index (χ0n) is 15.1. The highest BCUT2D eigenvalue weighted by molar-refractivity contribution is 5.76. The number of likely N-dealkylation sites (N-methyl/N-ethyl adjacent to an activating group) is 1. The number of carbonyl (C=O) groups is 1. The van der Waals surface area contributed by atoms with Crippen molar-refractivity contribution in [3.05, 3.63) is 35.9 Å². The number of nitrogens with zero attached hydrogens (tertiary/aromatic N) is 6. The zero-order valence-corrected chi connectivity index (χ0v) is 15.1. The average molecular weight is 346 g/mol. The van der Waals surface area contributed by atoms with Crippen molar-refractivity contribution in [2.45, 2.75) is 19.6 Å². The summed E-state index contributed by atoms with van der Waals surface area (Å²) in [6.07, 6.45) is 5.79. The maximum atomic E-state index is 11.7. The highest BCUT2D eigenvalue weighted by Gasteiger charge is 2.23. The molecule has 2 aromatic heterocycles. The summed E-state index contributed by atoms with van der Waals surface area (Å²) in [5.74, 6) is 0.272. The second kappa shape index (κ2) is 7.79. The fourth-order valence-corrected chi connectivity index (χ4v) is 3.10. The average Bonchev–Trinajstić information content (AvgIpc) is 3.12. The van der Waals surface area contributed by atoms with E-state index in [0.717, 1.165) is 26.2 Å². The van der Waals surface area contributed by atoms with Crippen molar-refractivity contribution in [1.82, 2.24) is 29.4 Å². The van der Waals surface area contributed by atoms with E-state index < -0.39 is 0 Å². The van der Waals surface area contributed by atoms with Gasteiger partial charge in [0.25, 0.3) is 0 Å². The number of hydrogen-bond acceptors (Lipinski definition) is 5. The molecule has 25 heavy (non-hydrogen) atoms. The van der Waals surface area contributed by atoms with Gasteiger partial charge in [-0.1, -0.05) is 0 Å². The van der Waals surface area contributed by atoms with Crippen LogP contribution in [-0.4, -0.2) is 69.1 Å². The summed E-state index contributed by atoms with van der Waals surface area (Å²) in [5.41, 5.74) is 2.40. The van der Waals surface area contributed by atoms with Crippen molar-refractivity contribution in [2.75, 3.05) is 33.9 Å². The molecule has 0 saturated carbocycles. The Morgan fingerprint density at radius 1 is 1.36 bits per heavy atom. The van der Waals surface area contributed by atoms with Crippen molar-refractivity contribution in [3.8, 4) is 0 Å². The Bertz CT molecular complexity index is 708. The predicted octanol–water partition coefficient (Wildman–Crippen LogP) is 0.353. The third kappa shape index (κ3) is 4.67. The molecule has 0 spiro atoms. The van der Waals surface area contributed by atoms with Crippen LogP contribution in [0.25, 0.3) is 0 Å². The van der Waals surface area contributed by atoms with E-state index in [9.17, 15) is 4.79 Å². The van der Waals surface area contributed by atoms with Crippen molar-refractivity contribution in [3.63, 3.8) is 0 Å². The van der Waals surface area contributed by atoms with E-state index >= 15 is 0 Å². The third-order valence-corrected chi connectivity index (χ3v) is 4.38. The van der Waals surface area contributed by atoms with Crippen LogP contribution in [-0.2, 0) is 36.2 Å². The molecule has 0 N–H and O–H groups in total. The minimum atomic E-state index is -0.0133. The van der Waals surface area contributed by atoms with Crippen LogP contribution in [0, 0.1) is 5.92 Å². The minimum Gasteiger partial charge on any atom is -0.371 e. The number of ether oxygens (including phenoxy) is 1. The molecule has 1 aliphatic heterocycles. The number of aromatic nitrogens is 4. The molecule has 8 nitrogen and oxygen atoms in total. The van der Waals surface area contributed by atoms with Gasteiger partial charge in [-0.05, 0) is 6.07 Å². The van der Waals surface area contributed by atoms with E-state index in [-0.39, 0.29) is 18.4 Å². The maximum Gasteiger partial charge on any atom is 0.248 e. The molecular formula is C17H26N6O2. The van der Waals surface area contributed by atoms with Crippen LogP contribution in [0.1, 0.15) is 11.3 Å². The van der Waals surface area contributed by atoms with Crippen LogP contribution in [0.15, 0.2) is 24.7 Å². The van der Waals surface area contributed by atoms with E-state index in [2.05, 4.69) is 21.2 Å². The molecule has 136 valence electrons. The Balaban J connectivity index is 1.63. The van der Waals surface area contributed by atoms with Gasteiger partial charge in [0.1, 0.15) is 6.61 Å². The summed E-state index contributed by atoms with van der Waals surface area (Å²) in [6, 6.07) is 2.06. The van der Waals surface area contributed by atoms with Gasteiger partial charge < -0.3 is 9.64 Å². The first-order valence-corrected chi connectivity index (χ1v) is 8.49. The lowest BCUT2D eigenvalue weighted by Crippen LogP contribution is -2.32. The normalized spacial score (nSPS) is 18.0. The van der Waals surface area contributed by atoms with E-state index in [4.69, 9.17) is 4.74 Å². The summed E-state index contributed by atoms with van der Waals surface area (Å²) in [7, 11) is 5.41. The highest BCUT2D eigenvalue weighted by atomic mass is 16.5. The third-order valence-electron chi connectivity index (χ3n) is 4.38. The van der Waals surface area contributed by atoms with Crippen molar-refractivity contribution in [2.24, 2.45) is 13.0 Å². The van der Waals surface area contributed by atoms with Gasteiger partial charge in [-0.2, -0.15) is 10.2 Å². The van der Waals surface area contributed by atoms with Gasteiger partial charge >= 0.3 is 0 Å². The Labute approximate surface area is 148 Å². The zero-order chi connectivity index (χ0) is 17.8. The van der Waals surface area contributed by atoms with E-state index in [1.54, 1.807) is 19.0 Å². The van der Waals surface area contributed by atoms with Crippen molar-refractivity contribution >= 4 is 5.91 Å². The molecule has 1 atom stereocenters. The summed E-state index contributed by atoms with van der Waals surface area (Å²) in [4.78, 5) is 15.6. The second-order valence-electron chi connectivity index (χ2n) is 6.87. The smallest absolute Gasteiger partial charge is 0.248 e. The van der Waals surface area contributed by atoms with Gasteiger partial charge in [-0.25, -0.2) is 0 Å². The Morgan fingerprint density at radius 3 is 2.92 bits per heavy atom. The quantitative estimate of drug-likeness (QED) is 0.755. The molecule has 1 aliphatic rings.